The van der Waals surface area contributed by atoms with Crippen molar-refractivity contribution in [3.05, 3.63) is 16.0 Å². The van der Waals surface area contributed by atoms with E-state index < -0.39 is 0 Å². The van der Waals surface area contributed by atoms with E-state index in [0.29, 0.717) is 5.69 Å². The molecule has 1 aromatic heterocycles. The number of aromatic nitrogens is 2. The fourth-order valence-electron chi connectivity index (χ4n) is 2.08. The van der Waals surface area contributed by atoms with Crippen molar-refractivity contribution < 1.29 is 0 Å². The molecule has 1 heterocycles. The molecule has 4 nitrogen and oxygen atoms in total. The molecule has 0 fully saturated rings. The van der Waals surface area contributed by atoms with Crippen LogP contribution in [0.2, 0.25) is 0 Å². The van der Waals surface area contributed by atoms with E-state index in [1.165, 1.54) is 0 Å². The van der Waals surface area contributed by atoms with E-state index >= 15 is 0 Å². The minimum Gasteiger partial charge on any atom is -0.393 e. The van der Waals surface area contributed by atoms with Crippen LogP contribution >= 0.6 is 0 Å². The zero-order valence-corrected chi connectivity index (χ0v) is 10.8. The van der Waals surface area contributed by atoms with Crippen molar-refractivity contribution in [2.75, 3.05) is 5.73 Å². The van der Waals surface area contributed by atoms with Crippen LogP contribution in [-0.4, -0.2) is 9.36 Å². The summed E-state index contributed by atoms with van der Waals surface area (Å²) in [4.78, 5) is 12.1. The maximum Gasteiger partial charge on any atom is 0.290 e. The molecule has 0 saturated heterocycles. The quantitative estimate of drug-likeness (QED) is 0.835. The summed E-state index contributed by atoms with van der Waals surface area (Å²) in [5, 5.41) is 0. The van der Waals surface area contributed by atoms with Crippen molar-refractivity contribution in [2.24, 2.45) is 0 Å². The van der Waals surface area contributed by atoms with Crippen LogP contribution in [0.3, 0.4) is 0 Å². The highest BCUT2D eigenvalue weighted by Crippen LogP contribution is 2.16. The molecule has 1 aromatic rings. The van der Waals surface area contributed by atoms with Crippen LogP contribution < -0.4 is 11.3 Å². The summed E-state index contributed by atoms with van der Waals surface area (Å²) in [6.45, 7) is 9.09. The number of nitrogens with two attached hydrogens (primary N) is 1. The lowest BCUT2D eigenvalue weighted by Gasteiger charge is -2.17. The van der Waals surface area contributed by atoms with Crippen LogP contribution in [0.4, 0.5) is 5.69 Å². The summed E-state index contributed by atoms with van der Waals surface area (Å²) in [5.74, 6) is 0. The van der Waals surface area contributed by atoms with Crippen LogP contribution in [0.5, 0.6) is 0 Å². The van der Waals surface area contributed by atoms with E-state index in [1.807, 2.05) is 4.68 Å². The van der Waals surface area contributed by atoms with Gasteiger partial charge in [0.1, 0.15) is 5.69 Å². The number of nitrogen functional groups attached to an aromatic ring is 1. The third-order valence-electron chi connectivity index (χ3n) is 3.12. The molecule has 2 N–H and O–H groups in total. The van der Waals surface area contributed by atoms with E-state index in [-0.39, 0.29) is 11.6 Å². The van der Waals surface area contributed by atoms with E-state index in [1.54, 1.807) is 4.68 Å². The second-order valence-corrected chi connectivity index (χ2v) is 4.23. The zero-order chi connectivity index (χ0) is 12.3. The molecule has 0 aliphatic carbocycles. The van der Waals surface area contributed by atoms with E-state index in [2.05, 4.69) is 27.7 Å². The molecule has 1 atom stereocenters. The maximum absolute atomic E-state index is 12.1. The van der Waals surface area contributed by atoms with Crippen molar-refractivity contribution in [1.29, 1.82) is 0 Å². The number of hydrogen-bond acceptors (Lipinski definition) is 2. The van der Waals surface area contributed by atoms with Gasteiger partial charge in [-0.25, -0.2) is 4.68 Å². The average Bonchev–Trinajstić information content (AvgIpc) is 2.53. The lowest BCUT2D eigenvalue weighted by atomic mass is 10.2. The Bertz CT molecular complexity index is 403. The maximum atomic E-state index is 12.1. The summed E-state index contributed by atoms with van der Waals surface area (Å²) in [6, 6.07) is 0.209. The van der Waals surface area contributed by atoms with Gasteiger partial charge in [-0.2, -0.15) is 0 Å². The molecular weight excluding hydrogens is 202 g/mol. The first-order chi connectivity index (χ1) is 7.58. The van der Waals surface area contributed by atoms with Crippen LogP contribution in [0.1, 0.15) is 52.3 Å². The van der Waals surface area contributed by atoms with Gasteiger partial charge in [-0.15, -0.1) is 0 Å². The predicted molar refractivity (Wildman–Crippen MR) is 67.8 cm³/mol. The van der Waals surface area contributed by atoms with Gasteiger partial charge in [0.15, 0.2) is 0 Å². The van der Waals surface area contributed by atoms with E-state index in [9.17, 15) is 4.79 Å². The molecule has 0 aliphatic rings. The minimum atomic E-state index is -0.0281. The second kappa shape index (κ2) is 5.23. The molecule has 0 saturated carbocycles. The van der Waals surface area contributed by atoms with E-state index in [4.69, 9.17) is 5.73 Å². The van der Waals surface area contributed by atoms with Crippen molar-refractivity contribution in [2.45, 2.75) is 59.5 Å². The molecule has 0 radical (unpaired) electrons. The van der Waals surface area contributed by atoms with Gasteiger partial charge in [-0.05, 0) is 26.7 Å². The number of rotatable bonds is 5. The van der Waals surface area contributed by atoms with Crippen LogP contribution in [-0.2, 0) is 13.0 Å². The monoisotopic (exact) mass is 225 g/mol. The number of nitrogens with zero attached hydrogens (tertiary/aromatic N) is 2. The molecule has 16 heavy (non-hydrogen) atoms. The smallest absolute Gasteiger partial charge is 0.290 e. The predicted octanol–water partition coefficient (Wildman–Crippen LogP) is 2.18. The lowest BCUT2D eigenvalue weighted by molar-refractivity contribution is 0.372. The summed E-state index contributed by atoms with van der Waals surface area (Å²) in [6.07, 6.45) is 2.82. The van der Waals surface area contributed by atoms with Crippen molar-refractivity contribution in [1.82, 2.24) is 9.36 Å². The Morgan fingerprint density at radius 3 is 2.38 bits per heavy atom. The van der Waals surface area contributed by atoms with Gasteiger partial charge in [-0.3, -0.25) is 9.48 Å². The van der Waals surface area contributed by atoms with Gasteiger partial charge in [0.25, 0.3) is 5.56 Å². The van der Waals surface area contributed by atoms with Gasteiger partial charge >= 0.3 is 0 Å². The van der Waals surface area contributed by atoms with Gasteiger partial charge in [0.2, 0.25) is 0 Å². The topological polar surface area (TPSA) is 53.0 Å². The highest BCUT2D eigenvalue weighted by Gasteiger charge is 2.18. The Kier molecular flexibility index (Phi) is 4.21. The van der Waals surface area contributed by atoms with Crippen molar-refractivity contribution >= 4 is 5.69 Å². The molecule has 0 amide bonds. The molecule has 1 rings (SSSR count). The molecule has 0 bridgehead atoms. The Balaban J connectivity index is 3.37. The van der Waals surface area contributed by atoms with Gasteiger partial charge < -0.3 is 5.73 Å². The molecular formula is C12H23N3O. The largest absolute Gasteiger partial charge is 0.393 e. The van der Waals surface area contributed by atoms with Crippen LogP contribution in [0.25, 0.3) is 0 Å². The lowest BCUT2D eigenvalue weighted by Crippen LogP contribution is -2.26. The van der Waals surface area contributed by atoms with Crippen molar-refractivity contribution in [3.63, 3.8) is 0 Å². The Morgan fingerprint density at radius 2 is 1.94 bits per heavy atom. The highest BCUT2D eigenvalue weighted by molar-refractivity contribution is 5.41. The molecule has 0 aromatic carbocycles. The summed E-state index contributed by atoms with van der Waals surface area (Å²) < 4.78 is 3.84. The fourth-order valence-corrected chi connectivity index (χ4v) is 2.08. The average molecular weight is 225 g/mol. The minimum absolute atomic E-state index is 0.0281. The normalized spacial score (nSPS) is 13.0. The van der Waals surface area contributed by atoms with Gasteiger partial charge in [-0.1, -0.05) is 20.3 Å². The van der Waals surface area contributed by atoms with E-state index in [0.717, 1.165) is 31.5 Å². The molecule has 92 valence electrons. The van der Waals surface area contributed by atoms with Crippen LogP contribution in [0.15, 0.2) is 4.79 Å². The summed E-state index contributed by atoms with van der Waals surface area (Å²) in [5.41, 5.74) is 7.31. The molecule has 0 aliphatic heterocycles. The SMILES string of the molecule is CCCc1c(N)c(=O)n(C(C)CC)n1CC. The Labute approximate surface area is 97.0 Å². The summed E-state index contributed by atoms with van der Waals surface area (Å²) in [7, 11) is 0. The number of hydrogen-bond donors (Lipinski definition) is 1. The first-order valence-electron chi connectivity index (χ1n) is 6.17. The third-order valence-corrected chi connectivity index (χ3v) is 3.12. The summed E-state index contributed by atoms with van der Waals surface area (Å²) >= 11 is 0. The third kappa shape index (κ3) is 2.01. The Morgan fingerprint density at radius 1 is 1.31 bits per heavy atom. The van der Waals surface area contributed by atoms with Gasteiger partial charge in [0, 0.05) is 6.54 Å². The van der Waals surface area contributed by atoms with Crippen LogP contribution in [0, 0.1) is 0 Å². The zero-order valence-electron chi connectivity index (χ0n) is 10.8. The molecule has 4 heteroatoms. The second-order valence-electron chi connectivity index (χ2n) is 4.23. The van der Waals surface area contributed by atoms with Gasteiger partial charge in [0.05, 0.1) is 11.7 Å². The molecule has 1 unspecified atom stereocenters. The fraction of sp³-hybridized carbons (Fsp3) is 0.750. The Hall–Kier alpha value is -1.19. The molecule has 0 spiro atoms. The first kappa shape index (κ1) is 12.9. The number of anilines is 1. The first-order valence-corrected chi connectivity index (χ1v) is 6.17. The highest BCUT2D eigenvalue weighted by atomic mass is 16.1. The standard InChI is InChI=1S/C12H23N3O/c1-5-8-10-11(13)12(16)15(9(4)6-2)14(10)7-3/h9H,5-8,13H2,1-4H3. The van der Waals surface area contributed by atoms with Crippen molar-refractivity contribution in [3.8, 4) is 0 Å².